The zero-order valence-corrected chi connectivity index (χ0v) is 28.2. The summed E-state index contributed by atoms with van der Waals surface area (Å²) in [5.74, 6) is 2.12. The maximum absolute atomic E-state index is 11.6. The minimum absolute atomic E-state index is 0.00345. The predicted octanol–water partition coefficient (Wildman–Crippen LogP) is 2.64. The highest BCUT2D eigenvalue weighted by molar-refractivity contribution is 7.99. The molecule has 5 N–H and O–H groups in total. The van der Waals surface area contributed by atoms with Gasteiger partial charge in [-0.3, -0.25) is 9.59 Å². The number of hydrogen-bond acceptors (Lipinski definition) is 9. The second kappa shape index (κ2) is 34.6. The zero-order valence-electron chi connectivity index (χ0n) is 27.4. The first-order valence-electron chi connectivity index (χ1n) is 16.0. The van der Waals surface area contributed by atoms with Gasteiger partial charge in [-0.05, 0) is 46.2 Å². The number of hydrogen-bond donors (Lipinski definition) is 5. The Morgan fingerprint density at radius 2 is 1.33 bits per heavy atom. The van der Waals surface area contributed by atoms with Gasteiger partial charge in [0.25, 0.3) is 0 Å². The largest absolute Gasteiger partial charge is 0.379 e. The summed E-state index contributed by atoms with van der Waals surface area (Å²) in [6, 6.07) is 0.815. The third-order valence-electron chi connectivity index (χ3n) is 5.82. The van der Waals surface area contributed by atoms with Gasteiger partial charge in [-0.15, -0.1) is 0 Å². The van der Waals surface area contributed by atoms with Gasteiger partial charge in [0, 0.05) is 57.1 Å². The SMILES string of the molecule is CC.CCCCC=O.CCNC(=O)CCCC(=O)NCCCOCCOCCOCCCNC.O=C1NC2CSCC2N1. The Bertz CT molecular complexity index is 663. The lowest BCUT2D eigenvalue weighted by Crippen LogP contribution is -2.31. The molecule has 2 unspecified atom stereocenters. The molecule has 2 heterocycles. The van der Waals surface area contributed by atoms with Crippen molar-refractivity contribution in [1.82, 2.24) is 26.6 Å². The molecule has 0 saturated carbocycles. The number of aldehydes is 1. The average molecular weight is 636 g/mol. The lowest BCUT2D eigenvalue weighted by Gasteiger charge is -2.08. The van der Waals surface area contributed by atoms with Gasteiger partial charge in [0.1, 0.15) is 6.29 Å². The smallest absolute Gasteiger partial charge is 0.315 e. The molecule has 2 aliphatic rings. The van der Waals surface area contributed by atoms with Gasteiger partial charge in [0.2, 0.25) is 11.8 Å². The van der Waals surface area contributed by atoms with Crippen LogP contribution in [0.1, 0.15) is 79.1 Å². The van der Waals surface area contributed by atoms with Crippen LogP contribution in [-0.4, -0.2) is 114 Å². The fourth-order valence-corrected chi connectivity index (χ4v) is 4.86. The molecule has 43 heavy (non-hydrogen) atoms. The molecule has 0 bridgehead atoms. The molecule has 0 spiro atoms. The van der Waals surface area contributed by atoms with Crippen LogP contribution in [0.2, 0.25) is 0 Å². The Kier molecular flexibility index (Phi) is 34.7. The molecule has 4 amide bonds. The molecule has 2 atom stereocenters. The zero-order chi connectivity index (χ0) is 32.4. The van der Waals surface area contributed by atoms with Gasteiger partial charge >= 0.3 is 6.03 Å². The molecule has 12 nitrogen and oxygen atoms in total. The molecule has 0 aliphatic carbocycles. The van der Waals surface area contributed by atoms with Gasteiger partial charge in [-0.1, -0.05) is 27.2 Å². The van der Waals surface area contributed by atoms with Gasteiger partial charge in [0.05, 0.1) is 38.5 Å². The van der Waals surface area contributed by atoms with Crippen LogP contribution in [0.3, 0.4) is 0 Å². The topological polar surface area (TPSA) is 156 Å². The van der Waals surface area contributed by atoms with Crippen molar-refractivity contribution in [2.75, 3.05) is 77.8 Å². The highest BCUT2D eigenvalue weighted by atomic mass is 32.2. The Morgan fingerprint density at radius 3 is 1.79 bits per heavy atom. The van der Waals surface area contributed by atoms with Crippen LogP contribution in [-0.2, 0) is 28.6 Å². The number of rotatable bonds is 22. The van der Waals surface area contributed by atoms with Crippen LogP contribution >= 0.6 is 11.8 Å². The number of fused-ring (bicyclic) bond motifs is 1. The van der Waals surface area contributed by atoms with Gasteiger partial charge in [0.15, 0.2) is 0 Å². The van der Waals surface area contributed by atoms with E-state index in [4.69, 9.17) is 14.2 Å². The van der Waals surface area contributed by atoms with Crippen LogP contribution in [0.4, 0.5) is 4.79 Å². The minimum atomic E-state index is -0.0210. The molecule has 254 valence electrons. The van der Waals surface area contributed by atoms with Crippen LogP contribution in [0.15, 0.2) is 0 Å². The summed E-state index contributed by atoms with van der Waals surface area (Å²) in [5.41, 5.74) is 0. The van der Waals surface area contributed by atoms with Crippen molar-refractivity contribution in [2.45, 2.75) is 91.1 Å². The highest BCUT2D eigenvalue weighted by Gasteiger charge is 2.35. The van der Waals surface area contributed by atoms with Crippen molar-refractivity contribution in [3.63, 3.8) is 0 Å². The number of nitrogens with one attached hydrogen (secondary N) is 5. The van der Waals surface area contributed by atoms with Crippen molar-refractivity contribution in [2.24, 2.45) is 0 Å². The fourth-order valence-electron chi connectivity index (χ4n) is 3.58. The Morgan fingerprint density at radius 1 is 0.814 bits per heavy atom. The van der Waals surface area contributed by atoms with E-state index in [1.54, 1.807) is 0 Å². The first-order valence-corrected chi connectivity index (χ1v) is 17.1. The Labute approximate surface area is 264 Å². The summed E-state index contributed by atoms with van der Waals surface area (Å²) in [5, 5.41) is 14.3. The molecular formula is C30H61N5O7S. The molecule has 2 fully saturated rings. The normalized spacial score (nSPS) is 16.1. The molecule has 2 aliphatic heterocycles. The maximum atomic E-state index is 11.6. The van der Waals surface area contributed by atoms with E-state index in [2.05, 4.69) is 33.5 Å². The standard InChI is InChI=1S/C18H37N3O5.C5H8N2OS.C5H10O.C2H6/c1-3-20-17(22)7-4-8-18(23)21-10-6-12-25-14-16-26-15-13-24-11-5-9-19-2;8-5-6-3-1-9-2-4(3)7-5;1-2-3-4-5-6;1-2/h19H,3-16H2,1-2H3,(H,20,22)(H,21,23);3-4H,1-2H2,(H2,6,7,8);5H,2-4H2,1H3;1-2H3. The molecule has 2 saturated heterocycles. The van der Waals surface area contributed by atoms with E-state index in [9.17, 15) is 19.2 Å². The van der Waals surface area contributed by atoms with Crippen molar-refractivity contribution in [1.29, 1.82) is 0 Å². The summed E-state index contributed by atoms with van der Waals surface area (Å²) in [6.07, 6.45) is 6.97. The van der Waals surface area contributed by atoms with Crippen LogP contribution in [0, 0.1) is 0 Å². The first-order chi connectivity index (χ1) is 21.0. The van der Waals surface area contributed by atoms with Crippen molar-refractivity contribution in [3.05, 3.63) is 0 Å². The molecular weight excluding hydrogens is 574 g/mol. The number of thioether (sulfide) groups is 1. The van der Waals surface area contributed by atoms with E-state index >= 15 is 0 Å². The van der Waals surface area contributed by atoms with Crippen LogP contribution in [0.25, 0.3) is 0 Å². The molecule has 0 aromatic heterocycles. The van der Waals surface area contributed by atoms with E-state index in [0.29, 0.717) is 77.5 Å². The monoisotopic (exact) mass is 635 g/mol. The minimum Gasteiger partial charge on any atom is -0.379 e. The number of unbranched alkanes of at least 4 members (excludes halogenated alkanes) is 2. The summed E-state index contributed by atoms with van der Waals surface area (Å²) < 4.78 is 16.2. The number of carbonyl (C=O) groups is 4. The number of ether oxygens (including phenoxy) is 3. The second-order valence-corrected chi connectivity index (χ2v) is 10.6. The van der Waals surface area contributed by atoms with Crippen molar-refractivity contribution in [3.8, 4) is 0 Å². The van der Waals surface area contributed by atoms with E-state index in [1.807, 2.05) is 39.6 Å². The van der Waals surface area contributed by atoms with Crippen LogP contribution < -0.4 is 26.6 Å². The molecule has 0 radical (unpaired) electrons. The second-order valence-electron chi connectivity index (χ2n) is 9.48. The number of carbonyl (C=O) groups excluding carboxylic acids is 4. The molecule has 2 rings (SSSR count). The van der Waals surface area contributed by atoms with Gasteiger partial charge in [-0.25, -0.2) is 4.79 Å². The summed E-state index contributed by atoms with van der Waals surface area (Å²) in [7, 11) is 1.92. The lowest BCUT2D eigenvalue weighted by molar-refractivity contribution is -0.122. The van der Waals surface area contributed by atoms with Crippen molar-refractivity contribution < 1.29 is 33.4 Å². The number of urea groups is 1. The third kappa shape index (κ3) is 29.9. The third-order valence-corrected chi connectivity index (χ3v) is 7.01. The van der Waals surface area contributed by atoms with E-state index in [1.165, 1.54) is 0 Å². The maximum Gasteiger partial charge on any atom is 0.315 e. The fraction of sp³-hybridized carbons (Fsp3) is 0.867. The predicted molar refractivity (Wildman–Crippen MR) is 175 cm³/mol. The Balaban J connectivity index is 0. The van der Waals surface area contributed by atoms with Crippen molar-refractivity contribution >= 4 is 35.9 Å². The first kappa shape index (κ1) is 43.2. The van der Waals surface area contributed by atoms with Gasteiger partial charge < -0.3 is 45.6 Å². The summed E-state index contributed by atoms with van der Waals surface area (Å²) >= 11 is 1.89. The van der Waals surface area contributed by atoms with Gasteiger partial charge in [-0.2, -0.15) is 11.8 Å². The number of amides is 4. The average Bonchev–Trinajstić information content (AvgIpc) is 3.59. The van der Waals surface area contributed by atoms with Crippen LogP contribution in [0.5, 0.6) is 0 Å². The van der Waals surface area contributed by atoms with E-state index < -0.39 is 0 Å². The lowest BCUT2D eigenvalue weighted by atomic mass is 10.2. The quantitative estimate of drug-likeness (QED) is 0.0686. The molecule has 13 heteroatoms. The molecule has 0 aromatic carbocycles. The summed E-state index contributed by atoms with van der Waals surface area (Å²) in [4.78, 5) is 43.0. The Hall–Kier alpha value is -1.93. The van der Waals surface area contributed by atoms with E-state index in [0.717, 1.165) is 63.0 Å². The highest BCUT2D eigenvalue weighted by Crippen LogP contribution is 2.20. The molecule has 0 aromatic rings. The van der Waals surface area contributed by atoms with E-state index in [-0.39, 0.29) is 17.8 Å². The summed E-state index contributed by atoms with van der Waals surface area (Å²) in [6.45, 7) is 13.7.